The molecule has 0 unspecified atom stereocenters. The van der Waals surface area contributed by atoms with Crippen LogP contribution in [0.2, 0.25) is 0 Å². The van der Waals surface area contributed by atoms with E-state index in [1.54, 1.807) is 38.1 Å². The number of amides is 1. The number of ether oxygens (including phenoxy) is 6. The van der Waals surface area contributed by atoms with Crippen LogP contribution in [0.3, 0.4) is 0 Å². The summed E-state index contributed by atoms with van der Waals surface area (Å²) >= 11 is 3.44. The van der Waals surface area contributed by atoms with Gasteiger partial charge in [-0.25, -0.2) is 4.98 Å². The number of phenols is 1. The van der Waals surface area contributed by atoms with Gasteiger partial charge in [0.15, 0.2) is 11.3 Å². The number of aliphatic hydroxyl groups is 1. The summed E-state index contributed by atoms with van der Waals surface area (Å²) in [6.07, 6.45) is 3.56. The van der Waals surface area contributed by atoms with Crippen molar-refractivity contribution in [2.75, 3.05) is 19.5 Å². The number of methoxy groups -OCH3 is 2. The molecule has 15 nitrogen and oxygen atoms in total. The SMILES string of the molecule is COc1cc(Br)cc2oc3c4c(=O)c5c(O)c(C)c6c(c5c-3nc12)C(=O)[C@@](C)(O/C=C/[C@H](OC)[C@@H](C)[C@@H](OC(C)=O)[C@@H]1O[C@H]([C@@H](C)[C@H]1O)[C@@H](C)/C=C/C=C(/C)C(=O)N4)O6. The Bertz CT molecular complexity index is 2530. The predicted molar refractivity (Wildman–Crippen MR) is 219 cm³/mol. The first-order valence-corrected chi connectivity index (χ1v) is 19.8. The summed E-state index contributed by atoms with van der Waals surface area (Å²) in [4.78, 5) is 60.4. The van der Waals surface area contributed by atoms with Crippen LogP contribution in [-0.2, 0) is 28.5 Å². The molecule has 59 heavy (non-hydrogen) atoms. The van der Waals surface area contributed by atoms with Crippen molar-refractivity contribution in [2.24, 2.45) is 17.8 Å². The zero-order chi connectivity index (χ0) is 42.8. The number of esters is 1. The van der Waals surface area contributed by atoms with E-state index in [1.165, 1.54) is 47.3 Å². The Kier molecular flexibility index (Phi) is 11.1. The second-order valence-electron chi connectivity index (χ2n) is 15.4. The number of ketones is 1. The Morgan fingerprint density at radius 2 is 1.76 bits per heavy atom. The standard InChI is InChI=1S/C43H45BrN2O13/c1-17-11-10-12-18(2)42(52)46-32-35(50)28-27(31-39(32)57-26-16-23(44)15-25(54-9)30(26)45-31)29-37(20(4)33(28)48)59-43(7,41(29)51)55-14-13-24(53-8)19(3)38(56-22(6)47)40-34(49)21(5)36(17)58-40/h10-17,19,21,24,34,36,38,40,48-49H,1-9H3,(H,46,52)/b11-10+,14-13+,18-12-/t17-,19+,21-,24-,34+,36-,38+,40+,43-/m0/s1. The van der Waals surface area contributed by atoms with E-state index in [9.17, 15) is 29.4 Å². The number of carbonyl (C=O) groups excluding carboxylic acids is 3. The number of allylic oxidation sites excluding steroid dienone is 2. The maximum atomic E-state index is 14.6. The van der Waals surface area contributed by atoms with Gasteiger partial charge in [-0.1, -0.05) is 54.9 Å². The van der Waals surface area contributed by atoms with Crippen LogP contribution >= 0.6 is 15.9 Å². The first-order chi connectivity index (χ1) is 27.9. The van der Waals surface area contributed by atoms with E-state index in [-0.39, 0.29) is 73.3 Å². The number of aromatic nitrogens is 1. The average Bonchev–Trinajstić information content (AvgIpc) is 3.64. The number of nitrogens with zero attached hydrogens (tertiary/aromatic N) is 1. The molecule has 0 aromatic heterocycles. The number of aliphatic hydroxyl groups excluding tert-OH is 1. The number of rotatable bonds is 3. The lowest BCUT2D eigenvalue weighted by atomic mass is 9.86. The Balaban J connectivity index is 1.47. The molecule has 9 atom stereocenters. The molecule has 0 saturated carbocycles. The first-order valence-electron chi connectivity index (χ1n) is 19.0. The summed E-state index contributed by atoms with van der Waals surface area (Å²) in [5, 5.41) is 25.5. The Labute approximate surface area is 347 Å². The molecule has 16 heteroatoms. The Morgan fingerprint density at radius 1 is 1.03 bits per heavy atom. The van der Waals surface area contributed by atoms with Crippen LogP contribution in [0.4, 0.5) is 5.69 Å². The fourth-order valence-corrected chi connectivity index (χ4v) is 8.59. The maximum Gasteiger partial charge on any atom is 0.312 e. The van der Waals surface area contributed by atoms with Gasteiger partial charge in [0.2, 0.25) is 5.43 Å². The lowest BCUT2D eigenvalue weighted by molar-refractivity contribution is -0.168. The van der Waals surface area contributed by atoms with Gasteiger partial charge in [-0.05, 0) is 32.1 Å². The maximum absolute atomic E-state index is 14.6. The molecule has 1 amide bonds. The number of nitrogens with one attached hydrogen (secondary N) is 1. The van der Waals surface area contributed by atoms with Gasteiger partial charge < -0.3 is 48.4 Å². The molecule has 8 rings (SSSR count). The van der Waals surface area contributed by atoms with Gasteiger partial charge in [0.1, 0.15) is 46.4 Å². The number of fused-ring (bicyclic) bond motifs is 9. The third-order valence-electron chi connectivity index (χ3n) is 11.5. The fourth-order valence-electron chi connectivity index (χ4n) is 8.18. The second kappa shape index (κ2) is 15.7. The minimum absolute atomic E-state index is 0.0452. The van der Waals surface area contributed by atoms with Crippen molar-refractivity contribution < 1.29 is 57.4 Å². The van der Waals surface area contributed by atoms with E-state index >= 15 is 0 Å². The minimum Gasteiger partial charge on any atom is -0.507 e. The van der Waals surface area contributed by atoms with Gasteiger partial charge in [-0.3, -0.25) is 19.2 Å². The molecule has 1 aliphatic carbocycles. The van der Waals surface area contributed by atoms with Gasteiger partial charge in [0.05, 0.1) is 42.6 Å². The van der Waals surface area contributed by atoms with Crippen LogP contribution in [0.5, 0.6) is 17.2 Å². The highest BCUT2D eigenvalue weighted by atomic mass is 79.9. The lowest BCUT2D eigenvalue weighted by Crippen LogP contribution is -2.46. The van der Waals surface area contributed by atoms with E-state index in [1.807, 2.05) is 19.9 Å². The highest BCUT2D eigenvalue weighted by Crippen LogP contribution is 2.51. The van der Waals surface area contributed by atoms with Crippen LogP contribution in [0.15, 0.2) is 62.0 Å². The monoisotopic (exact) mass is 876 g/mol. The molecule has 6 aliphatic rings. The molecule has 312 valence electrons. The molecule has 5 aliphatic heterocycles. The van der Waals surface area contributed by atoms with Gasteiger partial charge in [-0.15, -0.1) is 0 Å². The second-order valence-corrected chi connectivity index (χ2v) is 16.3. The van der Waals surface area contributed by atoms with Gasteiger partial charge in [0.25, 0.3) is 11.7 Å². The number of anilines is 1. The van der Waals surface area contributed by atoms with E-state index in [0.29, 0.717) is 10.2 Å². The van der Waals surface area contributed by atoms with Crippen molar-refractivity contribution >= 4 is 61.1 Å². The van der Waals surface area contributed by atoms with Gasteiger partial charge >= 0.3 is 11.8 Å². The third kappa shape index (κ3) is 7.04. The molecular formula is C43H45BrN2O13. The molecule has 2 aromatic rings. The van der Waals surface area contributed by atoms with Crippen molar-refractivity contribution in [3.8, 4) is 28.7 Å². The number of hydrogen-bond donors (Lipinski definition) is 3. The zero-order valence-corrected chi connectivity index (χ0v) is 35.5. The molecule has 0 radical (unpaired) electrons. The van der Waals surface area contributed by atoms with E-state index < -0.39 is 71.1 Å². The smallest absolute Gasteiger partial charge is 0.312 e. The summed E-state index contributed by atoms with van der Waals surface area (Å²) in [5.74, 6) is -5.73. The minimum atomic E-state index is -2.03. The topological polar surface area (TPSA) is 202 Å². The van der Waals surface area contributed by atoms with Crippen LogP contribution in [-0.4, -0.2) is 83.4 Å². The van der Waals surface area contributed by atoms with E-state index in [0.717, 1.165) is 0 Å². The molecule has 0 spiro atoms. The number of benzene rings is 3. The zero-order valence-electron chi connectivity index (χ0n) is 33.9. The number of carbonyl (C=O) groups is 3. The molecule has 3 N–H and O–H groups in total. The quantitative estimate of drug-likeness (QED) is 0.115. The van der Waals surface area contributed by atoms with Crippen molar-refractivity contribution in [2.45, 2.75) is 84.8 Å². The first kappa shape index (κ1) is 41.9. The van der Waals surface area contributed by atoms with Gasteiger partial charge in [-0.2, -0.15) is 0 Å². The number of phenolic OH excluding ortho intramolecular Hbond substituents is 1. The largest absolute Gasteiger partial charge is 0.507 e. The van der Waals surface area contributed by atoms with E-state index in [2.05, 4.69) is 21.2 Å². The molecule has 2 aromatic carbocycles. The van der Waals surface area contributed by atoms with Crippen molar-refractivity contribution in [3.05, 3.63) is 74.1 Å². The normalized spacial score (nSPS) is 30.6. The predicted octanol–water partition coefficient (Wildman–Crippen LogP) is 6.49. The third-order valence-corrected chi connectivity index (χ3v) is 11.9. The van der Waals surface area contributed by atoms with Crippen molar-refractivity contribution in [1.82, 2.24) is 4.98 Å². The summed E-state index contributed by atoms with van der Waals surface area (Å²) in [6.45, 7) is 11.2. The van der Waals surface area contributed by atoms with Crippen molar-refractivity contribution in [3.63, 3.8) is 0 Å². The highest BCUT2D eigenvalue weighted by Gasteiger charge is 2.51. The van der Waals surface area contributed by atoms with Crippen molar-refractivity contribution in [1.29, 1.82) is 0 Å². The fraction of sp³-hybridized carbons (Fsp3) is 0.419. The summed E-state index contributed by atoms with van der Waals surface area (Å²) in [5.41, 5.74) is -0.657. The van der Waals surface area contributed by atoms with Crippen LogP contribution < -0.4 is 20.2 Å². The molecule has 1 fully saturated rings. The number of halogens is 1. The average molecular weight is 878 g/mol. The summed E-state index contributed by atoms with van der Waals surface area (Å²) in [6, 6.07) is 3.27. The Morgan fingerprint density at radius 3 is 2.44 bits per heavy atom. The van der Waals surface area contributed by atoms with Crippen LogP contribution in [0, 0.1) is 24.7 Å². The molecular weight excluding hydrogens is 832 g/mol. The van der Waals surface area contributed by atoms with Gasteiger partial charge in [0, 0.05) is 59.7 Å². The highest BCUT2D eigenvalue weighted by molar-refractivity contribution is 9.10. The summed E-state index contributed by atoms with van der Waals surface area (Å²) in [7, 11) is 2.89. The van der Waals surface area contributed by atoms with Crippen LogP contribution in [0.1, 0.15) is 57.5 Å². The van der Waals surface area contributed by atoms with Crippen LogP contribution in [0.25, 0.3) is 33.3 Å². The lowest BCUT2D eigenvalue weighted by Gasteiger charge is -2.33. The molecule has 5 heterocycles. The number of aromatic hydroxyl groups is 1. The molecule has 1 saturated heterocycles. The number of hydrogen-bond acceptors (Lipinski definition) is 14. The number of Topliss-reactive ketones (excluding diaryl/α,β-unsaturated/α-hetero) is 1. The van der Waals surface area contributed by atoms with E-state index in [4.69, 9.17) is 37.8 Å². The summed E-state index contributed by atoms with van der Waals surface area (Å²) < 4.78 is 42.8. The molecule has 7 bridgehead atoms. The Hall–Kier alpha value is -5.29.